The molecule has 1 saturated carbocycles. The van der Waals surface area contributed by atoms with Crippen LogP contribution in [0.15, 0.2) is 0 Å². The van der Waals surface area contributed by atoms with Crippen LogP contribution in [0.2, 0.25) is 0 Å². The Balaban J connectivity index is 2.03. The summed E-state index contributed by atoms with van der Waals surface area (Å²) < 4.78 is 39.3. The van der Waals surface area contributed by atoms with Crippen molar-refractivity contribution in [1.29, 1.82) is 0 Å². The minimum atomic E-state index is -4.28. The number of carbonyl (C=O) groups is 1. The first-order chi connectivity index (χ1) is 9.93. The lowest BCUT2D eigenvalue weighted by atomic mass is 9.77. The molecule has 3 unspecified atom stereocenters. The van der Waals surface area contributed by atoms with E-state index in [9.17, 15) is 18.0 Å². The molecule has 2 fully saturated rings. The number of carbonyl (C=O) groups excluding carboxylic acids is 1. The summed E-state index contributed by atoms with van der Waals surface area (Å²) in [5.41, 5.74) is 0. The predicted molar refractivity (Wildman–Crippen MR) is 72.5 cm³/mol. The Morgan fingerprint density at radius 1 is 1.14 bits per heavy atom. The maximum Gasteiger partial charge on any atom is 0.392 e. The van der Waals surface area contributed by atoms with E-state index in [0.717, 1.165) is 12.8 Å². The number of rotatable bonds is 3. The van der Waals surface area contributed by atoms with Crippen molar-refractivity contribution in [1.82, 2.24) is 4.90 Å². The van der Waals surface area contributed by atoms with Crippen LogP contribution in [0.1, 0.15) is 44.9 Å². The summed E-state index contributed by atoms with van der Waals surface area (Å²) in [6.45, 7) is 1.13. The number of piperidine rings is 1. The molecular formula is C15H24F3NO2. The lowest BCUT2D eigenvalue weighted by Gasteiger charge is -2.39. The molecule has 21 heavy (non-hydrogen) atoms. The summed E-state index contributed by atoms with van der Waals surface area (Å²) in [6.07, 6.45) is -0.203. The van der Waals surface area contributed by atoms with Gasteiger partial charge in [0.05, 0.1) is 5.92 Å². The summed E-state index contributed by atoms with van der Waals surface area (Å²) in [4.78, 5) is 14.1. The molecule has 122 valence electrons. The Hall–Kier alpha value is -0.780. The van der Waals surface area contributed by atoms with Crippen molar-refractivity contribution in [3.8, 4) is 0 Å². The molecule has 6 heteroatoms. The number of aliphatic hydroxyl groups excluding tert-OH is 1. The van der Waals surface area contributed by atoms with E-state index in [2.05, 4.69) is 0 Å². The average molecular weight is 307 g/mol. The number of alkyl halides is 3. The van der Waals surface area contributed by atoms with Gasteiger partial charge in [-0.2, -0.15) is 13.2 Å². The van der Waals surface area contributed by atoms with Gasteiger partial charge in [0.25, 0.3) is 0 Å². The Morgan fingerprint density at radius 3 is 2.52 bits per heavy atom. The fraction of sp³-hybridized carbons (Fsp3) is 0.933. The number of hydrogen-bond acceptors (Lipinski definition) is 2. The Morgan fingerprint density at radius 2 is 1.86 bits per heavy atom. The van der Waals surface area contributed by atoms with Crippen LogP contribution in [0, 0.1) is 17.8 Å². The van der Waals surface area contributed by atoms with E-state index in [-0.39, 0.29) is 24.9 Å². The summed E-state index contributed by atoms with van der Waals surface area (Å²) >= 11 is 0. The molecule has 0 radical (unpaired) electrons. The highest BCUT2D eigenvalue weighted by Gasteiger charge is 2.49. The summed E-state index contributed by atoms with van der Waals surface area (Å²) in [5.74, 6) is -2.47. The van der Waals surface area contributed by atoms with Crippen LogP contribution in [-0.4, -0.2) is 41.8 Å². The smallest absolute Gasteiger partial charge is 0.392 e. The minimum Gasteiger partial charge on any atom is -0.396 e. The Labute approximate surface area is 123 Å². The van der Waals surface area contributed by atoms with E-state index in [1.54, 1.807) is 4.90 Å². The van der Waals surface area contributed by atoms with Gasteiger partial charge in [0.15, 0.2) is 0 Å². The van der Waals surface area contributed by atoms with Gasteiger partial charge in [-0.05, 0) is 38.0 Å². The molecule has 0 aromatic carbocycles. The van der Waals surface area contributed by atoms with Crippen LogP contribution in [0.4, 0.5) is 13.2 Å². The number of amides is 1. The van der Waals surface area contributed by atoms with Crippen molar-refractivity contribution in [2.45, 2.75) is 51.1 Å². The molecular weight excluding hydrogens is 283 g/mol. The lowest BCUT2D eigenvalue weighted by molar-refractivity contribution is -0.201. The molecule has 1 heterocycles. The van der Waals surface area contributed by atoms with Crippen LogP contribution >= 0.6 is 0 Å². The Kier molecular flexibility index (Phi) is 5.52. The first-order valence-electron chi connectivity index (χ1n) is 7.90. The highest BCUT2D eigenvalue weighted by atomic mass is 19.4. The van der Waals surface area contributed by atoms with Crippen LogP contribution in [0.3, 0.4) is 0 Å². The maximum absolute atomic E-state index is 13.1. The lowest BCUT2D eigenvalue weighted by Crippen LogP contribution is -2.48. The van der Waals surface area contributed by atoms with E-state index >= 15 is 0 Å². The predicted octanol–water partition coefficient (Wildman–Crippen LogP) is 2.98. The molecule has 2 aliphatic rings. The zero-order valence-corrected chi connectivity index (χ0v) is 12.2. The van der Waals surface area contributed by atoms with Crippen LogP contribution in [-0.2, 0) is 4.79 Å². The molecule has 1 amide bonds. The van der Waals surface area contributed by atoms with Crippen molar-refractivity contribution < 1.29 is 23.1 Å². The topological polar surface area (TPSA) is 40.5 Å². The van der Waals surface area contributed by atoms with Crippen LogP contribution in [0.25, 0.3) is 0 Å². The first kappa shape index (κ1) is 16.6. The second-order valence-corrected chi connectivity index (χ2v) is 6.34. The molecule has 3 atom stereocenters. The highest BCUT2D eigenvalue weighted by molar-refractivity contribution is 5.79. The normalized spacial score (nSPS) is 31.2. The van der Waals surface area contributed by atoms with E-state index in [1.807, 2.05) is 0 Å². The number of nitrogens with zero attached hydrogens (tertiary/aromatic N) is 1. The monoisotopic (exact) mass is 307 g/mol. The molecule has 1 aliphatic carbocycles. The second kappa shape index (κ2) is 6.99. The van der Waals surface area contributed by atoms with Crippen molar-refractivity contribution in [3.63, 3.8) is 0 Å². The fourth-order valence-electron chi connectivity index (χ4n) is 3.74. The van der Waals surface area contributed by atoms with Gasteiger partial charge in [0, 0.05) is 25.6 Å². The third-order valence-corrected chi connectivity index (χ3v) is 4.87. The quantitative estimate of drug-likeness (QED) is 0.871. The van der Waals surface area contributed by atoms with Crippen molar-refractivity contribution >= 4 is 5.91 Å². The third kappa shape index (κ3) is 4.11. The van der Waals surface area contributed by atoms with Gasteiger partial charge >= 0.3 is 6.18 Å². The third-order valence-electron chi connectivity index (χ3n) is 4.87. The standard InChI is InChI=1S/C15H24F3NO2/c16-15(17,18)13-6-2-1-5-12(13)14(21)19-8-3-4-11(10-19)7-9-20/h11-13,20H,1-10H2. The zero-order chi connectivity index (χ0) is 15.5. The molecule has 1 N–H and O–H groups in total. The van der Waals surface area contributed by atoms with Gasteiger partial charge in [-0.15, -0.1) is 0 Å². The van der Waals surface area contributed by atoms with Crippen molar-refractivity contribution in [2.75, 3.05) is 19.7 Å². The highest BCUT2D eigenvalue weighted by Crippen LogP contribution is 2.42. The SMILES string of the molecule is O=C(C1CCCCC1C(F)(F)F)N1CCCC(CCO)C1. The molecule has 3 nitrogen and oxygen atoms in total. The molecule has 0 aromatic rings. The van der Waals surface area contributed by atoms with Crippen molar-refractivity contribution in [3.05, 3.63) is 0 Å². The van der Waals surface area contributed by atoms with Gasteiger partial charge in [-0.25, -0.2) is 0 Å². The van der Waals surface area contributed by atoms with Gasteiger partial charge in [0.1, 0.15) is 0 Å². The van der Waals surface area contributed by atoms with Gasteiger partial charge in [-0.1, -0.05) is 12.8 Å². The minimum absolute atomic E-state index is 0.0707. The van der Waals surface area contributed by atoms with Crippen molar-refractivity contribution in [2.24, 2.45) is 17.8 Å². The second-order valence-electron chi connectivity index (χ2n) is 6.34. The van der Waals surface area contributed by atoms with E-state index in [4.69, 9.17) is 5.11 Å². The number of likely N-dealkylation sites (tertiary alicyclic amines) is 1. The molecule has 1 saturated heterocycles. The molecule has 0 spiro atoms. The first-order valence-corrected chi connectivity index (χ1v) is 7.90. The summed E-state index contributed by atoms with van der Waals surface area (Å²) in [7, 11) is 0. The fourth-order valence-corrected chi connectivity index (χ4v) is 3.74. The van der Waals surface area contributed by atoms with E-state index < -0.39 is 18.0 Å². The maximum atomic E-state index is 13.1. The average Bonchev–Trinajstić information content (AvgIpc) is 2.46. The van der Waals surface area contributed by atoms with Gasteiger partial charge in [0.2, 0.25) is 5.91 Å². The van der Waals surface area contributed by atoms with Crippen LogP contribution in [0.5, 0.6) is 0 Å². The number of aliphatic hydroxyl groups is 1. The summed E-state index contributed by atoms with van der Waals surface area (Å²) in [5, 5.41) is 8.99. The van der Waals surface area contributed by atoms with E-state index in [1.165, 1.54) is 0 Å². The van der Waals surface area contributed by atoms with Gasteiger partial charge < -0.3 is 10.0 Å². The van der Waals surface area contributed by atoms with Gasteiger partial charge in [-0.3, -0.25) is 4.79 Å². The molecule has 1 aliphatic heterocycles. The molecule has 2 rings (SSSR count). The van der Waals surface area contributed by atoms with E-state index in [0.29, 0.717) is 38.8 Å². The summed E-state index contributed by atoms with van der Waals surface area (Å²) in [6, 6.07) is 0. The number of halogens is 3. The largest absolute Gasteiger partial charge is 0.396 e. The molecule has 0 aromatic heterocycles. The molecule has 0 bridgehead atoms. The Bertz CT molecular complexity index is 357. The zero-order valence-electron chi connectivity index (χ0n) is 12.2. The van der Waals surface area contributed by atoms with Crippen LogP contribution < -0.4 is 0 Å². The number of hydrogen-bond donors (Lipinski definition) is 1.